The van der Waals surface area contributed by atoms with Gasteiger partial charge in [-0.1, -0.05) is 0 Å². The van der Waals surface area contributed by atoms with Crippen LogP contribution in [0.5, 0.6) is 0 Å². The molecule has 1 aliphatic carbocycles. The van der Waals surface area contributed by atoms with Crippen LogP contribution in [0.1, 0.15) is 12.8 Å². The minimum Gasteiger partial charge on any atom is -0.314 e. The molecule has 0 amide bonds. The number of nitrogens with one attached hydrogen (secondary N) is 1. The molecule has 14 heavy (non-hydrogen) atoms. The maximum absolute atomic E-state index is 12.5. The lowest BCUT2D eigenvalue weighted by molar-refractivity contribution is -0.116. The zero-order valence-electron chi connectivity index (χ0n) is 8.14. The second-order valence-corrected chi connectivity index (χ2v) is 4.18. The number of halogens is 3. The van der Waals surface area contributed by atoms with Crippen LogP contribution in [0.4, 0.5) is 8.78 Å². The predicted molar refractivity (Wildman–Crippen MR) is 54.2 cm³/mol. The summed E-state index contributed by atoms with van der Waals surface area (Å²) >= 11 is 0. The number of rotatable bonds is 2. The topological polar surface area (TPSA) is 15.3 Å². The number of nitrogens with zero attached hydrogens (tertiary/aromatic N) is 1. The average Bonchev–Trinajstić information content (AvgIpc) is 2.03. The monoisotopic (exact) mass is 226 g/mol. The van der Waals surface area contributed by atoms with Crippen molar-refractivity contribution in [2.24, 2.45) is 5.92 Å². The summed E-state index contributed by atoms with van der Waals surface area (Å²) in [6, 6.07) is 0. The first kappa shape index (κ1) is 12.1. The summed E-state index contributed by atoms with van der Waals surface area (Å²) in [5, 5.41) is 3.25. The highest BCUT2D eigenvalue weighted by Gasteiger charge is 2.45. The van der Waals surface area contributed by atoms with E-state index in [2.05, 4.69) is 10.2 Å². The molecule has 2 rings (SSSR count). The van der Waals surface area contributed by atoms with Crippen molar-refractivity contribution in [3.05, 3.63) is 0 Å². The van der Waals surface area contributed by atoms with Crippen LogP contribution in [0.3, 0.4) is 0 Å². The van der Waals surface area contributed by atoms with E-state index in [1.54, 1.807) is 0 Å². The Morgan fingerprint density at radius 2 is 1.79 bits per heavy atom. The van der Waals surface area contributed by atoms with Crippen LogP contribution in [-0.2, 0) is 0 Å². The van der Waals surface area contributed by atoms with Gasteiger partial charge in [0.25, 0.3) is 0 Å². The van der Waals surface area contributed by atoms with Crippen LogP contribution < -0.4 is 5.32 Å². The van der Waals surface area contributed by atoms with Crippen molar-refractivity contribution >= 4 is 12.4 Å². The first-order valence-corrected chi connectivity index (χ1v) is 4.97. The van der Waals surface area contributed by atoms with E-state index in [1.807, 2.05) is 0 Å². The predicted octanol–water partition coefficient (Wildman–Crippen LogP) is 1.36. The van der Waals surface area contributed by atoms with E-state index in [1.165, 1.54) is 0 Å². The Morgan fingerprint density at radius 1 is 1.21 bits per heavy atom. The second kappa shape index (κ2) is 4.73. The molecule has 1 saturated heterocycles. The molecular weight excluding hydrogens is 210 g/mol. The highest BCUT2D eigenvalue weighted by Crippen LogP contribution is 2.42. The second-order valence-electron chi connectivity index (χ2n) is 4.18. The normalized spacial score (nSPS) is 27.9. The lowest BCUT2D eigenvalue weighted by Crippen LogP contribution is -2.49. The van der Waals surface area contributed by atoms with E-state index in [-0.39, 0.29) is 31.2 Å². The van der Waals surface area contributed by atoms with E-state index in [4.69, 9.17) is 0 Å². The molecule has 1 N–H and O–H groups in total. The van der Waals surface area contributed by atoms with Crippen molar-refractivity contribution in [2.75, 3.05) is 32.7 Å². The fourth-order valence-electron chi connectivity index (χ4n) is 2.17. The standard InChI is InChI=1S/C9H16F2N2.ClH/c10-9(11)5-8(6-9)7-13-3-1-12-2-4-13;/h8,12H,1-7H2;1H. The molecule has 2 fully saturated rings. The molecule has 0 unspecified atom stereocenters. The molecular formula is C9H17ClF2N2. The van der Waals surface area contributed by atoms with Crippen molar-refractivity contribution in [1.82, 2.24) is 10.2 Å². The molecule has 0 radical (unpaired) electrons. The molecule has 84 valence electrons. The summed E-state index contributed by atoms with van der Waals surface area (Å²) in [5.74, 6) is -2.10. The van der Waals surface area contributed by atoms with Crippen molar-refractivity contribution < 1.29 is 8.78 Å². The van der Waals surface area contributed by atoms with Crippen LogP contribution in [0, 0.1) is 5.92 Å². The number of hydrogen-bond acceptors (Lipinski definition) is 2. The van der Waals surface area contributed by atoms with E-state index in [0.717, 1.165) is 32.7 Å². The lowest BCUT2D eigenvalue weighted by atomic mass is 9.81. The zero-order chi connectivity index (χ0) is 9.31. The van der Waals surface area contributed by atoms with Crippen molar-refractivity contribution in [1.29, 1.82) is 0 Å². The third-order valence-electron chi connectivity index (χ3n) is 2.90. The molecule has 0 spiro atoms. The minimum absolute atomic E-state index is 0. The summed E-state index contributed by atoms with van der Waals surface area (Å²) in [4.78, 5) is 2.29. The molecule has 0 atom stereocenters. The van der Waals surface area contributed by atoms with Gasteiger partial charge in [0.2, 0.25) is 5.92 Å². The zero-order valence-corrected chi connectivity index (χ0v) is 8.95. The molecule has 0 aromatic carbocycles. The Bertz CT molecular complexity index is 176. The van der Waals surface area contributed by atoms with Crippen LogP contribution in [0.25, 0.3) is 0 Å². The van der Waals surface area contributed by atoms with Crippen molar-refractivity contribution in [3.8, 4) is 0 Å². The van der Waals surface area contributed by atoms with Crippen LogP contribution >= 0.6 is 12.4 Å². The fraction of sp³-hybridized carbons (Fsp3) is 1.00. The third-order valence-corrected chi connectivity index (χ3v) is 2.90. The summed E-state index contributed by atoms with van der Waals surface area (Å²) in [7, 11) is 0. The Labute approximate surface area is 89.4 Å². The van der Waals surface area contributed by atoms with E-state index < -0.39 is 5.92 Å². The van der Waals surface area contributed by atoms with E-state index >= 15 is 0 Å². The van der Waals surface area contributed by atoms with Gasteiger partial charge in [-0.2, -0.15) is 0 Å². The molecule has 0 aromatic heterocycles. The fourth-order valence-corrected chi connectivity index (χ4v) is 2.17. The molecule has 0 bridgehead atoms. The Kier molecular flexibility index (Phi) is 4.10. The third kappa shape index (κ3) is 3.04. The first-order chi connectivity index (χ1) is 6.16. The van der Waals surface area contributed by atoms with Gasteiger partial charge in [-0.25, -0.2) is 8.78 Å². The van der Waals surface area contributed by atoms with Crippen molar-refractivity contribution in [2.45, 2.75) is 18.8 Å². The molecule has 0 aromatic rings. The summed E-state index contributed by atoms with van der Waals surface area (Å²) in [6.45, 7) is 4.91. The Balaban J connectivity index is 0.000000980. The summed E-state index contributed by atoms with van der Waals surface area (Å²) < 4.78 is 25.0. The number of hydrogen-bond donors (Lipinski definition) is 1. The molecule has 2 aliphatic rings. The van der Waals surface area contributed by atoms with Gasteiger partial charge in [0.05, 0.1) is 0 Å². The van der Waals surface area contributed by atoms with Crippen molar-refractivity contribution in [3.63, 3.8) is 0 Å². The van der Waals surface area contributed by atoms with Gasteiger partial charge in [0.15, 0.2) is 0 Å². The number of piperazine rings is 1. The minimum atomic E-state index is -2.35. The molecule has 1 heterocycles. The lowest BCUT2D eigenvalue weighted by Gasteiger charge is -2.39. The molecule has 1 saturated carbocycles. The highest BCUT2D eigenvalue weighted by molar-refractivity contribution is 5.85. The van der Waals surface area contributed by atoms with Gasteiger partial charge >= 0.3 is 0 Å². The summed E-state index contributed by atoms with van der Waals surface area (Å²) in [6.07, 6.45) is 0.216. The summed E-state index contributed by atoms with van der Waals surface area (Å²) in [5.41, 5.74) is 0. The van der Waals surface area contributed by atoms with Gasteiger partial charge < -0.3 is 10.2 Å². The van der Waals surface area contributed by atoms with Crippen LogP contribution in [-0.4, -0.2) is 43.5 Å². The van der Waals surface area contributed by atoms with E-state index in [9.17, 15) is 8.78 Å². The Morgan fingerprint density at radius 3 is 2.29 bits per heavy atom. The van der Waals surface area contributed by atoms with Crippen LogP contribution in [0.2, 0.25) is 0 Å². The largest absolute Gasteiger partial charge is 0.314 e. The quantitative estimate of drug-likeness (QED) is 0.765. The maximum atomic E-state index is 12.5. The first-order valence-electron chi connectivity index (χ1n) is 4.97. The maximum Gasteiger partial charge on any atom is 0.248 e. The van der Waals surface area contributed by atoms with Gasteiger partial charge in [-0.05, 0) is 5.92 Å². The van der Waals surface area contributed by atoms with Crippen LogP contribution in [0.15, 0.2) is 0 Å². The smallest absolute Gasteiger partial charge is 0.248 e. The Hall–Kier alpha value is 0.0700. The average molecular weight is 227 g/mol. The van der Waals surface area contributed by atoms with Gasteiger partial charge in [-0.3, -0.25) is 0 Å². The molecule has 2 nitrogen and oxygen atoms in total. The number of alkyl halides is 2. The van der Waals surface area contributed by atoms with Gasteiger partial charge in [-0.15, -0.1) is 12.4 Å². The molecule has 1 aliphatic heterocycles. The van der Waals surface area contributed by atoms with Gasteiger partial charge in [0, 0.05) is 45.6 Å². The highest BCUT2D eigenvalue weighted by atomic mass is 35.5. The van der Waals surface area contributed by atoms with Gasteiger partial charge in [0.1, 0.15) is 0 Å². The van der Waals surface area contributed by atoms with E-state index in [0.29, 0.717) is 0 Å². The SMILES string of the molecule is Cl.FC1(F)CC(CN2CCNCC2)C1. The molecule has 5 heteroatoms.